The van der Waals surface area contributed by atoms with Crippen molar-refractivity contribution in [1.29, 1.82) is 0 Å². The molecule has 0 radical (unpaired) electrons. The molecular formula is C22H27ClN2O2. The second-order valence-corrected chi connectivity index (χ2v) is 7.37. The van der Waals surface area contributed by atoms with E-state index in [0.29, 0.717) is 19.2 Å². The fourth-order valence-corrected chi connectivity index (χ4v) is 3.57. The number of likely N-dealkylation sites (tertiary alicyclic amines) is 1. The Bertz CT molecular complexity index is 731. The van der Waals surface area contributed by atoms with Crippen LogP contribution < -0.4 is 10.1 Å². The van der Waals surface area contributed by atoms with Crippen LogP contribution in [0.2, 0.25) is 5.02 Å². The first-order chi connectivity index (χ1) is 13.2. The molecule has 1 heterocycles. The molecule has 0 aromatic heterocycles. The molecular weight excluding hydrogens is 360 g/mol. The number of carbonyl (C=O) groups excluding carboxylic acids is 1. The van der Waals surface area contributed by atoms with Crippen LogP contribution in [0.1, 0.15) is 38.2 Å². The van der Waals surface area contributed by atoms with Crippen molar-refractivity contribution in [3.05, 3.63) is 59.1 Å². The lowest BCUT2D eigenvalue weighted by Crippen LogP contribution is -2.45. The fraction of sp³-hybridized carbons (Fsp3) is 0.409. The van der Waals surface area contributed by atoms with Gasteiger partial charge in [-0.1, -0.05) is 30.7 Å². The highest BCUT2D eigenvalue weighted by molar-refractivity contribution is 6.30. The first kappa shape index (κ1) is 19.6. The van der Waals surface area contributed by atoms with Gasteiger partial charge in [-0.05, 0) is 67.6 Å². The number of hydrogen-bond donors (Lipinski definition) is 1. The van der Waals surface area contributed by atoms with E-state index in [9.17, 15) is 4.79 Å². The van der Waals surface area contributed by atoms with Gasteiger partial charge in [-0.25, -0.2) is 0 Å². The van der Waals surface area contributed by atoms with E-state index in [4.69, 9.17) is 16.3 Å². The molecule has 0 spiro atoms. The number of halogens is 1. The average Bonchev–Trinajstić information content (AvgIpc) is 2.72. The van der Waals surface area contributed by atoms with Crippen LogP contribution in [0.25, 0.3) is 0 Å². The lowest BCUT2D eigenvalue weighted by Gasteiger charge is -2.35. The number of nitrogens with zero attached hydrogens (tertiary/aromatic N) is 1. The first-order valence-corrected chi connectivity index (χ1v) is 10.0. The second kappa shape index (κ2) is 9.65. The molecule has 1 aliphatic heterocycles. The number of amides is 1. The fourth-order valence-electron chi connectivity index (χ4n) is 3.45. The van der Waals surface area contributed by atoms with Gasteiger partial charge in [0.25, 0.3) is 0 Å². The number of rotatable bonds is 7. The van der Waals surface area contributed by atoms with E-state index in [1.165, 1.54) is 6.42 Å². The Morgan fingerprint density at radius 2 is 1.89 bits per heavy atom. The summed E-state index contributed by atoms with van der Waals surface area (Å²) in [7, 11) is 0. The van der Waals surface area contributed by atoms with Gasteiger partial charge in [0.05, 0.1) is 6.54 Å². The molecule has 2 aromatic rings. The van der Waals surface area contributed by atoms with Gasteiger partial charge in [-0.2, -0.15) is 0 Å². The predicted molar refractivity (Wildman–Crippen MR) is 110 cm³/mol. The normalized spacial score (nSPS) is 16.8. The third kappa shape index (κ3) is 5.64. The highest BCUT2D eigenvalue weighted by atomic mass is 35.5. The molecule has 144 valence electrons. The highest BCUT2D eigenvalue weighted by Gasteiger charge is 2.24. The zero-order valence-corrected chi connectivity index (χ0v) is 16.5. The Morgan fingerprint density at radius 1 is 1.15 bits per heavy atom. The zero-order valence-electron chi connectivity index (χ0n) is 15.8. The number of anilines is 1. The standard InChI is InChI=1S/C22H27ClN2O2/c1-2-20-5-3-4-14-25(20)22(26)15-24-19-10-12-21(13-11-19)27-16-17-6-8-18(23)9-7-17/h6-13,20,24H,2-5,14-16H2,1H3. The quantitative estimate of drug-likeness (QED) is 0.717. The van der Waals surface area contributed by atoms with Crippen LogP contribution in [-0.4, -0.2) is 29.9 Å². The molecule has 5 heteroatoms. The van der Waals surface area contributed by atoms with Crippen molar-refractivity contribution in [2.45, 2.75) is 45.3 Å². The third-order valence-corrected chi connectivity index (χ3v) is 5.29. The van der Waals surface area contributed by atoms with Crippen LogP contribution >= 0.6 is 11.6 Å². The van der Waals surface area contributed by atoms with Crippen molar-refractivity contribution in [1.82, 2.24) is 4.90 Å². The van der Waals surface area contributed by atoms with E-state index in [1.54, 1.807) is 0 Å². The largest absolute Gasteiger partial charge is 0.489 e. The van der Waals surface area contributed by atoms with E-state index in [2.05, 4.69) is 12.2 Å². The van der Waals surface area contributed by atoms with E-state index < -0.39 is 0 Å². The summed E-state index contributed by atoms with van der Waals surface area (Å²) in [5, 5.41) is 3.95. The van der Waals surface area contributed by atoms with Gasteiger partial charge in [0.15, 0.2) is 0 Å². The van der Waals surface area contributed by atoms with Gasteiger partial charge < -0.3 is 15.0 Å². The number of ether oxygens (including phenoxy) is 1. The number of nitrogens with one attached hydrogen (secondary N) is 1. The molecule has 1 amide bonds. The Hall–Kier alpha value is -2.20. The van der Waals surface area contributed by atoms with Crippen LogP contribution in [-0.2, 0) is 11.4 Å². The molecule has 0 saturated carbocycles. The third-order valence-electron chi connectivity index (χ3n) is 5.04. The number of carbonyl (C=O) groups is 1. The van der Waals surface area contributed by atoms with E-state index in [1.807, 2.05) is 53.4 Å². The van der Waals surface area contributed by atoms with E-state index in [-0.39, 0.29) is 5.91 Å². The SMILES string of the molecule is CCC1CCCCN1C(=O)CNc1ccc(OCc2ccc(Cl)cc2)cc1. The maximum Gasteiger partial charge on any atom is 0.242 e. The Balaban J connectivity index is 1.47. The van der Waals surface area contributed by atoms with Crippen LogP contribution in [0.3, 0.4) is 0 Å². The summed E-state index contributed by atoms with van der Waals surface area (Å²) in [4.78, 5) is 14.6. The molecule has 1 atom stereocenters. The number of piperidine rings is 1. The first-order valence-electron chi connectivity index (χ1n) is 9.66. The molecule has 1 unspecified atom stereocenters. The minimum atomic E-state index is 0.185. The van der Waals surface area contributed by atoms with Crippen molar-refractivity contribution >= 4 is 23.2 Å². The minimum absolute atomic E-state index is 0.185. The summed E-state index contributed by atoms with van der Waals surface area (Å²) in [6.45, 7) is 3.88. The zero-order chi connectivity index (χ0) is 19.1. The molecule has 1 saturated heterocycles. The molecule has 1 N–H and O–H groups in total. The highest BCUT2D eigenvalue weighted by Crippen LogP contribution is 2.21. The Kier molecular flexibility index (Phi) is 6.99. The summed E-state index contributed by atoms with van der Waals surface area (Å²) in [6.07, 6.45) is 4.50. The molecule has 1 aliphatic rings. The number of hydrogen-bond acceptors (Lipinski definition) is 3. The Labute approximate surface area is 166 Å². The molecule has 3 rings (SSSR count). The van der Waals surface area contributed by atoms with Gasteiger partial charge in [-0.15, -0.1) is 0 Å². The monoisotopic (exact) mass is 386 g/mol. The maximum atomic E-state index is 12.5. The summed E-state index contributed by atoms with van der Waals surface area (Å²) in [5.41, 5.74) is 1.99. The smallest absolute Gasteiger partial charge is 0.242 e. The van der Waals surface area contributed by atoms with Crippen LogP contribution in [0.15, 0.2) is 48.5 Å². The van der Waals surface area contributed by atoms with E-state index >= 15 is 0 Å². The van der Waals surface area contributed by atoms with Crippen molar-refractivity contribution in [3.8, 4) is 5.75 Å². The second-order valence-electron chi connectivity index (χ2n) is 6.94. The van der Waals surface area contributed by atoms with Crippen LogP contribution in [0, 0.1) is 0 Å². The molecule has 0 bridgehead atoms. The topological polar surface area (TPSA) is 41.6 Å². The van der Waals surface area contributed by atoms with Gasteiger partial charge in [0.1, 0.15) is 12.4 Å². The predicted octanol–water partition coefficient (Wildman–Crippen LogP) is 5.12. The van der Waals surface area contributed by atoms with Crippen molar-refractivity contribution < 1.29 is 9.53 Å². The van der Waals surface area contributed by atoms with Gasteiger partial charge in [-0.3, -0.25) is 4.79 Å². The summed E-state index contributed by atoms with van der Waals surface area (Å²) in [5.74, 6) is 0.980. The number of benzene rings is 2. The van der Waals surface area contributed by atoms with Crippen LogP contribution in [0.4, 0.5) is 5.69 Å². The van der Waals surface area contributed by atoms with Crippen molar-refractivity contribution in [3.63, 3.8) is 0 Å². The van der Waals surface area contributed by atoms with Crippen molar-refractivity contribution in [2.24, 2.45) is 0 Å². The summed E-state index contributed by atoms with van der Waals surface area (Å²) in [6, 6.07) is 15.7. The van der Waals surface area contributed by atoms with E-state index in [0.717, 1.165) is 47.8 Å². The molecule has 27 heavy (non-hydrogen) atoms. The molecule has 4 nitrogen and oxygen atoms in total. The average molecular weight is 387 g/mol. The van der Waals surface area contributed by atoms with Crippen LogP contribution in [0.5, 0.6) is 5.75 Å². The van der Waals surface area contributed by atoms with Gasteiger partial charge in [0, 0.05) is 23.3 Å². The minimum Gasteiger partial charge on any atom is -0.489 e. The molecule has 2 aromatic carbocycles. The van der Waals surface area contributed by atoms with Crippen molar-refractivity contribution in [2.75, 3.05) is 18.4 Å². The lowest BCUT2D eigenvalue weighted by molar-refractivity contribution is -0.133. The van der Waals surface area contributed by atoms with Gasteiger partial charge in [0.2, 0.25) is 5.91 Å². The lowest BCUT2D eigenvalue weighted by atomic mass is 10.00. The summed E-state index contributed by atoms with van der Waals surface area (Å²) < 4.78 is 5.79. The maximum absolute atomic E-state index is 12.5. The molecule has 1 fully saturated rings. The molecule has 0 aliphatic carbocycles. The van der Waals surface area contributed by atoms with Gasteiger partial charge >= 0.3 is 0 Å². The summed E-state index contributed by atoms with van der Waals surface area (Å²) >= 11 is 5.89. The Morgan fingerprint density at radius 3 is 2.59 bits per heavy atom.